The normalized spacial score (nSPS) is 16.5. The van der Waals surface area contributed by atoms with Gasteiger partial charge in [0.1, 0.15) is 11.5 Å². The molecule has 5 rings (SSSR count). The maximum absolute atomic E-state index is 13.3. The smallest absolute Gasteiger partial charge is 0.271 e. The summed E-state index contributed by atoms with van der Waals surface area (Å²) in [4.78, 5) is 24.2. The molecule has 4 aromatic rings. The van der Waals surface area contributed by atoms with E-state index in [2.05, 4.69) is 25.9 Å². The van der Waals surface area contributed by atoms with E-state index in [9.17, 15) is 4.79 Å². The molecule has 31 heavy (non-hydrogen) atoms. The Morgan fingerprint density at radius 3 is 2.58 bits per heavy atom. The van der Waals surface area contributed by atoms with Crippen LogP contribution in [0.3, 0.4) is 0 Å². The van der Waals surface area contributed by atoms with Gasteiger partial charge in [0.15, 0.2) is 5.17 Å². The highest BCUT2D eigenvalue weighted by Gasteiger charge is 2.35. The van der Waals surface area contributed by atoms with E-state index in [4.69, 9.17) is 4.42 Å². The van der Waals surface area contributed by atoms with Gasteiger partial charge in [0, 0.05) is 27.7 Å². The number of halogens is 1. The Morgan fingerprint density at radius 2 is 1.84 bits per heavy atom. The maximum Gasteiger partial charge on any atom is 0.271 e. The number of carbonyl (C=O) groups is 1. The first kappa shape index (κ1) is 20.0. The van der Waals surface area contributed by atoms with E-state index in [1.807, 2.05) is 72.1 Å². The summed E-state index contributed by atoms with van der Waals surface area (Å²) in [5.74, 6) is 1.21. The summed E-state index contributed by atoms with van der Waals surface area (Å²) in [5.41, 5.74) is 1.73. The lowest BCUT2D eigenvalue weighted by atomic mass is 10.2. The third-order valence-corrected chi connectivity index (χ3v) is 6.62. The lowest BCUT2D eigenvalue weighted by Gasteiger charge is -2.14. The van der Waals surface area contributed by atoms with Crippen LogP contribution in [-0.4, -0.2) is 16.1 Å². The monoisotopic (exact) mass is 507 g/mol. The zero-order valence-electron chi connectivity index (χ0n) is 15.9. The van der Waals surface area contributed by atoms with Crippen LogP contribution in [0.2, 0.25) is 0 Å². The number of carbonyl (C=O) groups excluding carboxylic acids is 1. The molecule has 0 bridgehead atoms. The Hall–Kier alpha value is -2.94. The fraction of sp³-hybridized carbons (Fsp3) is 0. The van der Waals surface area contributed by atoms with Crippen molar-refractivity contribution in [3.8, 4) is 11.3 Å². The number of amides is 1. The minimum Gasteiger partial charge on any atom is -0.457 e. The summed E-state index contributed by atoms with van der Waals surface area (Å²) in [7, 11) is 0. The zero-order chi connectivity index (χ0) is 21.2. The molecular weight excluding hydrogens is 494 g/mol. The Balaban J connectivity index is 1.49. The molecular formula is C23H14BrN3O2S2. The van der Waals surface area contributed by atoms with Crippen molar-refractivity contribution in [3.63, 3.8) is 0 Å². The number of hydrogen-bond acceptors (Lipinski definition) is 6. The lowest BCUT2D eigenvalue weighted by Crippen LogP contribution is -2.28. The molecule has 0 spiro atoms. The number of anilines is 1. The van der Waals surface area contributed by atoms with Crippen molar-refractivity contribution in [1.29, 1.82) is 0 Å². The molecule has 3 heterocycles. The van der Waals surface area contributed by atoms with Crippen LogP contribution in [0.15, 0.2) is 97.1 Å². The largest absolute Gasteiger partial charge is 0.457 e. The molecule has 1 saturated heterocycles. The van der Waals surface area contributed by atoms with Crippen molar-refractivity contribution in [3.05, 3.63) is 93.4 Å². The lowest BCUT2D eigenvalue weighted by molar-refractivity contribution is -0.113. The third-order valence-electron chi connectivity index (χ3n) is 4.46. The summed E-state index contributed by atoms with van der Waals surface area (Å²) in [6.45, 7) is 0. The Labute approximate surface area is 195 Å². The van der Waals surface area contributed by atoms with Gasteiger partial charge in [0.05, 0.1) is 10.6 Å². The molecule has 1 aliphatic heterocycles. The van der Waals surface area contributed by atoms with Crippen molar-refractivity contribution in [1.82, 2.24) is 4.98 Å². The molecule has 0 atom stereocenters. The second-order valence-electron chi connectivity index (χ2n) is 6.50. The number of nitrogens with zero attached hydrogens (tertiary/aromatic N) is 3. The molecule has 5 nitrogen and oxygen atoms in total. The van der Waals surface area contributed by atoms with Gasteiger partial charge in [0.25, 0.3) is 5.91 Å². The Bertz CT molecular complexity index is 1280. The minimum absolute atomic E-state index is 0.145. The van der Waals surface area contributed by atoms with Crippen molar-refractivity contribution in [2.24, 2.45) is 4.99 Å². The number of amidine groups is 1. The van der Waals surface area contributed by atoms with Crippen molar-refractivity contribution in [2.45, 2.75) is 0 Å². The number of thiazole rings is 1. The number of furan rings is 1. The zero-order valence-corrected chi connectivity index (χ0v) is 19.2. The molecule has 0 radical (unpaired) electrons. The minimum atomic E-state index is -0.145. The molecule has 1 amide bonds. The van der Waals surface area contributed by atoms with Crippen LogP contribution in [-0.2, 0) is 4.79 Å². The first-order valence-corrected chi connectivity index (χ1v) is 11.8. The van der Waals surface area contributed by atoms with Gasteiger partial charge in [-0.3, -0.25) is 9.69 Å². The van der Waals surface area contributed by atoms with E-state index in [1.54, 1.807) is 17.2 Å². The van der Waals surface area contributed by atoms with Crippen LogP contribution in [0, 0.1) is 0 Å². The first-order valence-electron chi connectivity index (χ1n) is 9.30. The molecule has 2 aromatic heterocycles. The van der Waals surface area contributed by atoms with E-state index in [1.165, 1.54) is 23.1 Å². The molecule has 1 fully saturated rings. The van der Waals surface area contributed by atoms with E-state index in [0.717, 1.165) is 21.5 Å². The van der Waals surface area contributed by atoms with Gasteiger partial charge in [-0.05, 0) is 48.2 Å². The second-order valence-corrected chi connectivity index (χ2v) is 9.30. The fourth-order valence-corrected chi connectivity index (χ4v) is 4.82. The van der Waals surface area contributed by atoms with Gasteiger partial charge < -0.3 is 4.42 Å². The number of rotatable bonds is 4. The van der Waals surface area contributed by atoms with Crippen LogP contribution >= 0.6 is 39.0 Å². The second kappa shape index (κ2) is 8.66. The van der Waals surface area contributed by atoms with Gasteiger partial charge in [-0.25, -0.2) is 4.98 Å². The van der Waals surface area contributed by atoms with Crippen LogP contribution in [0.5, 0.6) is 0 Å². The van der Waals surface area contributed by atoms with Gasteiger partial charge in [0.2, 0.25) is 5.13 Å². The van der Waals surface area contributed by atoms with Gasteiger partial charge in [-0.2, -0.15) is 4.99 Å². The number of aromatic nitrogens is 1. The highest BCUT2D eigenvalue weighted by molar-refractivity contribution is 9.10. The molecule has 1 aliphatic rings. The van der Waals surface area contributed by atoms with Crippen LogP contribution in [0.4, 0.5) is 10.8 Å². The predicted octanol–water partition coefficient (Wildman–Crippen LogP) is 6.97. The van der Waals surface area contributed by atoms with Crippen LogP contribution in [0.1, 0.15) is 5.76 Å². The molecule has 0 N–H and O–H groups in total. The van der Waals surface area contributed by atoms with Gasteiger partial charge >= 0.3 is 0 Å². The topological polar surface area (TPSA) is 58.7 Å². The summed E-state index contributed by atoms with van der Waals surface area (Å²) < 4.78 is 6.98. The maximum atomic E-state index is 13.3. The standard InChI is InChI=1S/C23H14BrN3O2S2/c24-16-8-6-15(7-9-16)19-11-10-18(29-19)14-20-21(28)27(17-4-2-1-3-5-17)23(31-20)26-22-25-12-13-30-22/h1-14H/b20-14+,26-23+. The molecule has 2 aromatic carbocycles. The molecule has 0 saturated carbocycles. The van der Waals surface area contributed by atoms with Crippen LogP contribution < -0.4 is 4.90 Å². The highest BCUT2D eigenvalue weighted by Crippen LogP contribution is 2.38. The Kier molecular flexibility index (Phi) is 5.59. The Morgan fingerprint density at radius 1 is 1.03 bits per heavy atom. The average Bonchev–Trinajstić information content (AvgIpc) is 3.52. The number of hydrogen-bond donors (Lipinski definition) is 0. The highest BCUT2D eigenvalue weighted by atomic mass is 79.9. The fourth-order valence-electron chi connectivity index (χ4n) is 3.04. The van der Waals surface area contributed by atoms with Crippen molar-refractivity contribution >= 4 is 67.0 Å². The van der Waals surface area contributed by atoms with Gasteiger partial charge in [-0.1, -0.05) is 46.3 Å². The summed E-state index contributed by atoms with van der Waals surface area (Å²) >= 11 is 6.17. The van der Waals surface area contributed by atoms with E-state index in [0.29, 0.717) is 21.0 Å². The van der Waals surface area contributed by atoms with E-state index in [-0.39, 0.29) is 5.91 Å². The number of para-hydroxylation sites is 1. The summed E-state index contributed by atoms with van der Waals surface area (Å²) in [6, 6.07) is 21.1. The SMILES string of the molecule is O=C1/C(=C\c2ccc(-c3ccc(Br)cc3)o2)S/C(=N/c2nccs2)N1c1ccccc1. The van der Waals surface area contributed by atoms with Crippen LogP contribution in [0.25, 0.3) is 17.4 Å². The van der Waals surface area contributed by atoms with E-state index < -0.39 is 0 Å². The van der Waals surface area contributed by atoms with E-state index >= 15 is 0 Å². The summed E-state index contributed by atoms with van der Waals surface area (Å²) in [5, 5.41) is 3.03. The molecule has 152 valence electrons. The number of aliphatic imine (C=N–C) groups is 1. The average molecular weight is 508 g/mol. The van der Waals surface area contributed by atoms with Gasteiger partial charge in [-0.15, -0.1) is 11.3 Å². The number of thioether (sulfide) groups is 1. The molecule has 8 heteroatoms. The van der Waals surface area contributed by atoms with Crippen molar-refractivity contribution < 1.29 is 9.21 Å². The predicted molar refractivity (Wildman–Crippen MR) is 131 cm³/mol. The number of benzene rings is 2. The summed E-state index contributed by atoms with van der Waals surface area (Å²) in [6.07, 6.45) is 3.46. The molecule has 0 aliphatic carbocycles. The molecule has 0 unspecified atom stereocenters. The van der Waals surface area contributed by atoms with Crippen molar-refractivity contribution in [2.75, 3.05) is 4.90 Å². The quantitative estimate of drug-likeness (QED) is 0.279. The third kappa shape index (κ3) is 4.27. The first-order chi connectivity index (χ1) is 15.2.